The second kappa shape index (κ2) is 6.83. The van der Waals surface area contributed by atoms with Crippen molar-refractivity contribution in [3.05, 3.63) is 90.6 Å². The largest absolute Gasteiger partial charge is 0.392 e. The van der Waals surface area contributed by atoms with E-state index in [0.717, 1.165) is 38.5 Å². The number of aliphatic hydroxyl groups excluding tert-OH is 1. The highest BCUT2D eigenvalue weighted by Crippen LogP contribution is 2.30. The van der Waals surface area contributed by atoms with Gasteiger partial charge in [-0.1, -0.05) is 60.7 Å². The van der Waals surface area contributed by atoms with Crippen LogP contribution in [0.2, 0.25) is 0 Å². The third-order valence-electron chi connectivity index (χ3n) is 4.94. The minimum Gasteiger partial charge on any atom is -0.392 e. The summed E-state index contributed by atoms with van der Waals surface area (Å²) in [7, 11) is 0. The lowest BCUT2D eigenvalue weighted by Crippen LogP contribution is -1.97. The van der Waals surface area contributed by atoms with E-state index >= 15 is 0 Å². The minimum atomic E-state index is -0.0466. The third kappa shape index (κ3) is 2.80. The van der Waals surface area contributed by atoms with E-state index in [1.165, 1.54) is 0 Å². The second-order valence-corrected chi connectivity index (χ2v) is 6.63. The van der Waals surface area contributed by atoms with Gasteiger partial charge in [0.25, 0.3) is 0 Å². The molecule has 0 atom stereocenters. The van der Waals surface area contributed by atoms with Crippen molar-refractivity contribution in [3.63, 3.8) is 0 Å². The van der Waals surface area contributed by atoms with Crippen LogP contribution in [0.5, 0.6) is 0 Å². The summed E-state index contributed by atoms with van der Waals surface area (Å²) in [6, 6.07) is 25.8. The molecule has 0 saturated carbocycles. The molecule has 2 heterocycles. The number of nitrogens with zero attached hydrogens (tertiary/aromatic N) is 3. The molecule has 0 fully saturated rings. The third-order valence-corrected chi connectivity index (χ3v) is 4.94. The van der Waals surface area contributed by atoms with Gasteiger partial charge in [0.1, 0.15) is 5.69 Å². The molecule has 0 aliphatic rings. The normalized spacial score (nSPS) is 11.2. The summed E-state index contributed by atoms with van der Waals surface area (Å²) in [4.78, 5) is 13.9. The standard InChI is InChI=1S/C24H17N3O/c28-15-20-18-8-3-1-6-16(18)12-13-19(20)22-10-5-11-23(26-22)24-25-14-17-7-2-4-9-21(17)27-24/h1-14,28H,15H2. The van der Waals surface area contributed by atoms with Crippen LogP contribution in [0.4, 0.5) is 0 Å². The summed E-state index contributed by atoms with van der Waals surface area (Å²) >= 11 is 0. The molecule has 28 heavy (non-hydrogen) atoms. The number of rotatable bonds is 3. The molecule has 0 amide bonds. The Morgan fingerprint density at radius 2 is 1.46 bits per heavy atom. The molecular formula is C24H17N3O. The lowest BCUT2D eigenvalue weighted by molar-refractivity contribution is 0.284. The molecule has 0 unspecified atom stereocenters. The number of para-hydroxylation sites is 1. The van der Waals surface area contributed by atoms with Gasteiger partial charge < -0.3 is 5.11 Å². The van der Waals surface area contributed by atoms with Crippen molar-refractivity contribution in [3.8, 4) is 22.8 Å². The number of fused-ring (bicyclic) bond motifs is 2. The number of hydrogen-bond acceptors (Lipinski definition) is 4. The zero-order valence-electron chi connectivity index (χ0n) is 15.1. The SMILES string of the molecule is OCc1c(-c2cccc(-c3ncc4ccccc4n3)n2)ccc2ccccc12. The van der Waals surface area contributed by atoms with Crippen molar-refractivity contribution in [1.82, 2.24) is 15.0 Å². The van der Waals surface area contributed by atoms with Crippen molar-refractivity contribution in [1.29, 1.82) is 0 Å². The average Bonchev–Trinajstić information content (AvgIpc) is 2.78. The van der Waals surface area contributed by atoms with Gasteiger partial charge >= 0.3 is 0 Å². The van der Waals surface area contributed by atoms with Gasteiger partial charge in [0.2, 0.25) is 0 Å². The Kier molecular flexibility index (Phi) is 4.04. The maximum Gasteiger partial charge on any atom is 0.178 e. The maximum absolute atomic E-state index is 10.0. The number of aromatic nitrogens is 3. The zero-order chi connectivity index (χ0) is 18.9. The van der Waals surface area contributed by atoms with E-state index in [2.05, 4.69) is 16.0 Å². The van der Waals surface area contributed by atoms with Gasteiger partial charge in [0, 0.05) is 17.1 Å². The van der Waals surface area contributed by atoms with Crippen molar-refractivity contribution in [2.45, 2.75) is 6.61 Å². The summed E-state index contributed by atoms with van der Waals surface area (Å²) in [5.41, 5.74) is 4.19. The van der Waals surface area contributed by atoms with Crippen LogP contribution < -0.4 is 0 Å². The molecule has 4 nitrogen and oxygen atoms in total. The van der Waals surface area contributed by atoms with Gasteiger partial charge in [-0.05, 0) is 34.5 Å². The van der Waals surface area contributed by atoms with E-state index in [1.807, 2.05) is 79.0 Å². The molecule has 1 N–H and O–H groups in total. The van der Waals surface area contributed by atoms with E-state index in [9.17, 15) is 5.11 Å². The Bertz CT molecular complexity index is 1310. The fourth-order valence-corrected chi connectivity index (χ4v) is 3.55. The summed E-state index contributed by atoms with van der Waals surface area (Å²) in [5, 5.41) is 13.2. The van der Waals surface area contributed by atoms with E-state index in [4.69, 9.17) is 4.98 Å². The first kappa shape index (κ1) is 16.5. The average molecular weight is 363 g/mol. The van der Waals surface area contributed by atoms with Crippen molar-refractivity contribution in [2.24, 2.45) is 0 Å². The number of aliphatic hydroxyl groups is 1. The molecule has 5 rings (SSSR count). The molecule has 0 bridgehead atoms. The van der Waals surface area contributed by atoms with Crippen LogP contribution in [-0.2, 0) is 6.61 Å². The van der Waals surface area contributed by atoms with Gasteiger partial charge in [0.05, 0.1) is 17.8 Å². The maximum atomic E-state index is 10.0. The van der Waals surface area contributed by atoms with E-state index in [0.29, 0.717) is 11.5 Å². The topological polar surface area (TPSA) is 58.9 Å². The predicted molar refractivity (Wildman–Crippen MR) is 112 cm³/mol. The molecular weight excluding hydrogens is 346 g/mol. The van der Waals surface area contributed by atoms with E-state index in [-0.39, 0.29) is 6.61 Å². The van der Waals surface area contributed by atoms with E-state index < -0.39 is 0 Å². The molecule has 2 aromatic heterocycles. The highest BCUT2D eigenvalue weighted by molar-refractivity contribution is 5.91. The Morgan fingerprint density at radius 1 is 0.679 bits per heavy atom. The van der Waals surface area contributed by atoms with Crippen LogP contribution >= 0.6 is 0 Å². The Labute approximate surface area is 162 Å². The molecule has 0 spiro atoms. The van der Waals surface area contributed by atoms with Gasteiger partial charge in [-0.2, -0.15) is 0 Å². The van der Waals surface area contributed by atoms with Gasteiger partial charge in [0.15, 0.2) is 5.82 Å². The Balaban J connectivity index is 1.65. The lowest BCUT2D eigenvalue weighted by Gasteiger charge is -2.12. The molecule has 0 saturated heterocycles. The molecule has 5 aromatic rings. The Morgan fingerprint density at radius 3 is 2.36 bits per heavy atom. The monoisotopic (exact) mass is 363 g/mol. The van der Waals surface area contributed by atoms with Crippen molar-refractivity contribution >= 4 is 21.7 Å². The fourth-order valence-electron chi connectivity index (χ4n) is 3.55. The van der Waals surface area contributed by atoms with Crippen LogP contribution in [0, 0.1) is 0 Å². The summed E-state index contributed by atoms with van der Waals surface area (Å²) in [5.74, 6) is 0.590. The van der Waals surface area contributed by atoms with Gasteiger partial charge in [-0.15, -0.1) is 0 Å². The summed E-state index contributed by atoms with van der Waals surface area (Å²) < 4.78 is 0. The molecule has 0 aliphatic carbocycles. The van der Waals surface area contributed by atoms with Crippen LogP contribution in [0.3, 0.4) is 0 Å². The van der Waals surface area contributed by atoms with Gasteiger partial charge in [-0.25, -0.2) is 15.0 Å². The molecule has 0 aliphatic heterocycles. The first-order valence-electron chi connectivity index (χ1n) is 9.14. The number of hydrogen-bond donors (Lipinski definition) is 1. The fraction of sp³-hybridized carbons (Fsp3) is 0.0417. The number of benzene rings is 3. The van der Waals surface area contributed by atoms with Crippen LogP contribution in [-0.4, -0.2) is 20.1 Å². The van der Waals surface area contributed by atoms with Crippen LogP contribution in [0.25, 0.3) is 44.5 Å². The molecule has 3 aromatic carbocycles. The van der Waals surface area contributed by atoms with Crippen LogP contribution in [0.1, 0.15) is 5.56 Å². The predicted octanol–water partition coefficient (Wildman–Crippen LogP) is 5.00. The molecule has 0 radical (unpaired) electrons. The first-order chi connectivity index (χ1) is 13.8. The first-order valence-corrected chi connectivity index (χ1v) is 9.14. The molecule has 4 heteroatoms. The highest BCUT2D eigenvalue weighted by Gasteiger charge is 2.12. The van der Waals surface area contributed by atoms with E-state index in [1.54, 1.807) is 0 Å². The van der Waals surface area contributed by atoms with Crippen molar-refractivity contribution in [2.75, 3.05) is 0 Å². The zero-order valence-corrected chi connectivity index (χ0v) is 15.1. The number of pyridine rings is 1. The minimum absolute atomic E-state index is 0.0466. The second-order valence-electron chi connectivity index (χ2n) is 6.63. The summed E-state index contributed by atoms with van der Waals surface area (Å²) in [6.07, 6.45) is 1.82. The molecule has 134 valence electrons. The summed E-state index contributed by atoms with van der Waals surface area (Å²) in [6.45, 7) is -0.0466. The van der Waals surface area contributed by atoms with Crippen molar-refractivity contribution < 1.29 is 5.11 Å². The van der Waals surface area contributed by atoms with Crippen LogP contribution in [0.15, 0.2) is 85.1 Å². The quantitative estimate of drug-likeness (QED) is 0.490. The Hall–Kier alpha value is -3.63. The smallest absolute Gasteiger partial charge is 0.178 e. The lowest BCUT2D eigenvalue weighted by atomic mass is 9.97. The highest BCUT2D eigenvalue weighted by atomic mass is 16.3. The van der Waals surface area contributed by atoms with Gasteiger partial charge in [-0.3, -0.25) is 0 Å².